The van der Waals surface area contributed by atoms with Crippen LogP contribution in [0.3, 0.4) is 0 Å². The van der Waals surface area contributed by atoms with Crippen LogP contribution < -0.4 is 5.32 Å². The minimum atomic E-state index is -3.63. The van der Waals surface area contributed by atoms with E-state index in [9.17, 15) is 13.2 Å². The van der Waals surface area contributed by atoms with Crippen molar-refractivity contribution in [1.29, 1.82) is 0 Å². The molecule has 4 bridgehead atoms. The van der Waals surface area contributed by atoms with Gasteiger partial charge in [0.25, 0.3) is 5.91 Å². The van der Waals surface area contributed by atoms with Gasteiger partial charge in [-0.2, -0.15) is 0 Å². The number of carbonyl (C=O) groups excluding carboxylic acids is 1. The molecule has 0 saturated heterocycles. The lowest BCUT2D eigenvalue weighted by atomic mass is 9.47. The van der Waals surface area contributed by atoms with Crippen LogP contribution in [0.15, 0.2) is 23.1 Å². The highest BCUT2D eigenvalue weighted by Crippen LogP contribution is 2.61. The molecule has 0 heterocycles. The van der Waals surface area contributed by atoms with Gasteiger partial charge in [0.15, 0.2) is 0 Å². The van der Waals surface area contributed by atoms with Gasteiger partial charge in [-0.15, -0.1) is 0 Å². The van der Waals surface area contributed by atoms with Gasteiger partial charge in [-0.25, -0.2) is 12.7 Å². The van der Waals surface area contributed by atoms with E-state index in [4.69, 9.17) is 11.6 Å². The summed E-state index contributed by atoms with van der Waals surface area (Å²) in [6.07, 6.45) is 8.59. The zero-order chi connectivity index (χ0) is 21.0. The van der Waals surface area contributed by atoms with Crippen molar-refractivity contribution in [2.24, 2.45) is 23.2 Å². The summed E-state index contributed by atoms with van der Waals surface area (Å²) in [5.41, 5.74) is 0.427. The van der Waals surface area contributed by atoms with Crippen molar-refractivity contribution in [2.75, 3.05) is 14.1 Å². The van der Waals surface area contributed by atoms with E-state index in [1.54, 1.807) is 0 Å². The minimum absolute atomic E-state index is 0.0832. The van der Waals surface area contributed by atoms with Crippen molar-refractivity contribution in [3.05, 3.63) is 28.8 Å². The molecule has 1 aromatic carbocycles. The highest BCUT2D eigenvalue weighted by atomic mass is 35.5. The normalized spacial score (nSPS) is 31.8. The molecule has 7 heteroatoms. The molecular formula is C22H31ClN2O3S. The van der Waals surface area contributed by atoms with Crippen molar-refractivity contribution in [3.8, 4) is 0 Å². The van der Waals surface area contributed by atoms with Crippen molar-refractivity contribution >= 4 is 27.5 Å². The molecule has 4 saturated carbocycles. The molecule has 0 aromatic heterocycles. The van der Waals surface area contributed by atoms with Crippen LogP contribution in [0.2, 0.25) is 5.02 Å². The fourth-order valence-electron chi connectivity index (χ4n) is 6.58. The van der Waals surface area contributed by atoms with Crippen LogP contribution in [0.25, 0.3) is 0 Å². The molecule has 1 amide bonds. The topological polar surface area (TPSA) is 66.5 Å². The van der Waals surface area contributed by atoms with Gasteiger partial charge in [0, 0.05) is 20.1 Å². The third-order valence-electron chi connectivity index (χ3n) is 7.50. The molecule has 0 aliphatic heterocycles. The van der Waals surface area contributed by atoms with Crippen molar-refractivity contribution in [1.82, 2.24) is 9.62 Å². The van der Waals surface area contributed by atoms with E-state index < -0.39 is 10.0 Å². The molecule has 1 N–H and O–H groups in total. The Morgan fingerprint density at radius 1 is 1.17 bits per heavy atom. The fraction of sp³-hybridized carbons (Fsp3) is 0.682. The Morgan fingerprint density at radius 2 is 1.72 bits per heavy atom. The number of nitrogens with zero attached hydrogens (tertiary/aromatic N) is 1. The van der Waals surface area contributed by atoms with E-state index >= 15 is 0 Å². The van der Waals surface area contributed by atoms with E-state index in [2.05, 4.69) is 12.2 Å². The Bertz CT molecular complexity index is 877. The summed E-state index contributed by atoms with van der Waals surface area (Å²) in [6, 6.07) is 4.46. The SMILES string of the molecule is CC[C@H](NC(=O)c1cc(S(=O)(=O)N(C)C)ccc1Cl)C12CC3CC(CC(C3)C1)C2. The quantitative estimate of drug-likeness (QED) is 0.719. The number of rotatable bonds is 6. The molecule has 4 aliphatic carbocycles. The van der Waals surface area contributed by atoms with Gasteiger partial charge in [0.2, 0.25) is 10.0 Å². The highest BCUT2D eigenvalue weighted by Gasteiger charge is 2.54. The van der Waals surface area contributed by atoms with Crippen molar-refractivity contribution in [3.63, 3.8) is 0 Å². The van der Waals surface area contributed by atoms with Crippen molar-refractivity contribution < 1.29 is 13.2 Å². The van der Waals surface area contributed by atoms with Crippen LogP contribution in [-0.2, 0) is 10.0 Å². The Balaban J connectivity index is 1.59. The number of carbonyl (C=O) groups is 1. The first-order valence-electron chi connectivity index (χ1n) is 10.7. The number of benzene rings is 1. The Kier molecular flexibility index (Phi) is 5.50. The van der Waals surface area contributed by atoms with Crippen LogP contribution in [0, 0.1) is 23.2 Å². The van der Waals surface area contributed by atoms with Crippen LogP contribution in [0.1, 0.15) is 62.2 Å². The van der Waals surface area contributed by atoms with Gasteiger partial charge in [-0.05, 0) is 86.3 Å². The van der Waals surface area contributed by atoms with E-state index in [1.807, 2.05) is 0 Å². The highest BCUT2D eigenvalue weighted by molar-refractivity contribution is 7.89. The van der Waals surface area contributed by atoms with Crippen molar-refractivity contribution in [2.45, 2.75) is 62.8 Å². The fourth-order valence-corrected chi connectivity index (χ4v) is 7.71. The lowest BCUT2D eigenvalue weighted by Gasteiger charge is -2.59. The minimum Gasteiger partial charge on any atom is -0.349 e. The second-order valence-corrected chi connectivity index (χ2v) is 12.2. The number of sulfonamides is 1. The van der Waals surface area contributed by atoms with Crippen LogP contribution in [0.4, 0.5) is 0 Å². The number of halogens is 1. The van der Waals surface area contributed by atoms with E-state index in [-0.39, 0.29) is 32.8 Å². The predicted molar refractivity (Wildman–Crippen MR) is 114 cm³/mol. The molecule has 29 heavy (non-hydrogen) atoms. The Labute approximate surface area is 179 Å². The summed E-state index contributed by atoms with van der Waals surface area (Å²) in [5.74, 6) is 2.16. The molecule has 5 rings (SSSR count). The van der Waals surface area contributed by atoms with Gasteiger partial charge in [0.1, 0.15) is 0 Å². The largest absolute Gasteiger partial charge is 0.349 e. The van der Waals surface area contributed by atoms with Gasteiger partial charge < -0.3 is 5.32 Å². The van der Waals surface area contributed by atoms with Crippen LogP contribution in [-0.4, -0.2) is 38.8 Å². The lowest BCUT2D eigenvalue weighted by Crippen LogP contribution is -2.56. The maximum Gasteiger partial charge on any atom is 0.253 e. The predicted octanol–water partition coefficient (Wildman–Crippen LogP) is 4.32. The molecule has 4 fully saturated rings. The number of nitrogens with one attached hydrogen (secondary N) is 1. The second-order valence-electron chi connectivity index (χ2n) is 9.64. The molecule has 0 radical (unpaired) electrons. The second kappa shape index (κ2) is 7.54. The Hall–Kier alpha value is -1.11. The summed E-state index contributed by atoms with van der Waals surface area (Å²) >= 11 is 6.30. The molecule has 1 aromatic rings. The summed E-state index contributed by atoms with van der Waals surface area (Å²) in [6.45, 7) is 2.14. The number of hydrogen-bond donors (Lipinski definition) is 1. The van der Waals surface area contributed by atoms with Gasteiger partial charge >= 0.3 is 0 Å². The number of amides is 1. The molecular weight excluding hydrogens is 408 g/mol. The smallest absolute Gasteiger partial charge is 0.253 e. The standard InChI is InChI=1S/C22H31ClN2O3S/c1-4-20(22-11-14-7-15(12-22)9-16(8-14)13-22)24-21(26)18-10-17(5-6-19(18)23)29(27,28)25(2)3/h5-6,10,14-16,20H,4,7-9,11-13H2,1-3H3,(H,24,26)/t14?,15?,16?,20-,22?/m0/s1. The summed E-state index contributed by atoms with van der Waals surface area (Å²) in [7, 11) is -0.674. The summed E-state index contributed by atoms with van der Waals surface area (Å²) in [4.78, 5) is 13.3. The van der Waals surface area contributed by atoms with E-state index in [0.29, 0.717) is 0 Å². The monoisotopic (exact) mass is 438 g/mol. The first-order valence-corrected chi connectivity index (χ1v) is 12.5. The average molecular weight is 439 g/mol. The van der Waals surface area contributed by atoms with Gasteiger partial charge in [-0.3, -0.25) is 4.79 Å². The summed E-state index contributed by atoms with van der Waals surface area (Å²) in [5, 5.41) is 3.54. The molecule has 0 spiro atoms. The molecule has 5 nitrogen and oxygen atoms in total. The first kappa shape index (κ1) is 21.1. The van der Waals surface area contributed by atoms with Crippen LogP contribution in [0.5, 0.6) is 0 Å². The lowest BCUT2D eigenvalue weighted by molar-refractivity contribution is -0.0727. The third kappa shape index (κ3) is 3.72. The maximum absolute atomic E-state index is 13.2. The number of hydrogen-bond acceptors (Lipinski definition) is 3. The molecule has 4 aliphatic rings. The van der Waals surface area contributed by atoms with E-state index in [1.165, 1.54) is 70.8 Å². The average Bonchev–Trinajstić information content (AvgIpc) is 2.64. The summed E-state index contributed by atoms with van der Waals surface area (Å²) < 4.78 is 26.1. The molecule has 0 unspecified atom stereocenters. The maximum atomic E-state index is 13.2. The van der Waals surface area contributed by atoms with Gasteiger partial charge in [0.05, 0.1) is 15.5 Å². The zero-order valence-corrected chi connectivity index (χ0v) is 19.0. The zero-order valence-electron chi connectivity index (χ0n) is 17.4. The third-order valence-corrected chi connectivity index (χ3v) is 9.64. The van der Waals surface area contributed by atoms with Crippen LogP contribution >= 0.6 is 11.6 Å². The first-order chi connectivity index (χ1) is 13.6. The molecule has 160 valence electrons. The van der Waals surface area contributed by atoms with Gasteiger partial charge in [-0.1, -0.05) is 18.5 Å². The Morgan fingerprint density at radius 3 is 2.21 bits per heavy atom. The molecule has 1 atom stereocenters. The van der Waals surface area contributed by atoms with E-state index in [0.717, 1.165) is 28.5 Å².